The van der Waals surface area contributed by atoms with Gasteiger partial charge in [0, 0.05) is 5.56 Å². The number of hydrogen-bond acceptors (Lipinski definition) is 7. The number of unbranched alkanes of at least 4 members (excludes halogenated alkanes) is 1. The lowest BCUT2D eigenvalue weighted by molar-refractivity contribution is 0.1000. The number of nitrogens with zero attached hydrogens (tertiary/aromatic N) is 4. The molecule has 2 heterocycles. The fourth-order valence-electron chi connectivity index (χ4n) is 2.77. The molecule has 0 aliphatic carbocycles. The molecule has 5 N–H and O–H groups in total. The maximum atomic E-state index is 11.2. The first kappa shape index (κ1) is 18.4. The highest BCUT2D eigenvalue weighted by molar-refractivity contribution is 5.92. The summed E-state index contributed by atoms with van der Waals surface area (Å²) < 4.78 is 7.09. The fraction of sp³-hybridized carbons (Fsp3) is 0.333. The predicted molar refractivity (Wildman–Crippen MR) is 101 cm³/mol. The van der Waals surface area contributed by atoms with Gasteiger partial charge in [-0.15, -0.1) is 0 Å². The normalized spacial score (nSPS) is 12.2. The number of aromatic nitrogens is 4. The van der Waals surface area contributed by atoms with Crippen molar-refractivity contribution in [2.75, 3.05) is 12.3 Å². The molecular formula is C18H22N6O3. The van der Waals surface area contributed by atoms with Crippen molar-refractivity contribution >= 4 is 22.9 Å². The summed E-state index contributed by atoms with van der Waals surface area (Å²) in [4.78, 5) is 23.8. The van der Waals surface area contributed by atoms with Crippen LogP contribution in [0.3, 0.4) is 0 Å². The van der Waals surface area contributed by atoms with E-state index in [0.29, 0.717) is 23.3 Å². The molecule has 0 radical (unpaired) electrons. The summed E-state index contributed by atoms with van der Waals surface area (Å²) in [5.74, 6) is -0.364. The second-order valence-corrected chi connectivity index (χ2v) is 6.21. The molecule has 0 saturated carbocycles. The van der Waals surface area contributed by atoms with E-state index in [2.05, 4.69) is 21.9 Å². The number of benzene rings is 1. The van der Waals surface area contributed by atoms with Crippen LogP contribution in [0.5, 0.6) is 12.0 Å². The van der Waals surface area contributed by atoms with Gasteiger partial charge >= 0.3 is 6.01 Å². The summed E-state index contributed by atoms with van der Waals surface area (Å²) >= 11 is 0. The number of carbonyl (C=O) groups excluding carboxylic acids is 1. The van der Waals surface area contributed by atoms with Gasteiger partial charge in [-0.1, -0.05) is 25.5 Å². The Kier molecular flexibility index (Phi) is 5.11. The van der Waals surface area contributed by atoms with Gasteiger partial charge in [0.05, 0.1) is 12.6 Å². The molecule has 27 heavy (non-hydrogen) atoms. The summed E-state index contributed by atoms with van der Waals surface area (Å²) in [6.45, 7) is 4.40. The molecule has 9 heteroatoms. The first-order valence-corrected chi connectivity index (χ1v) is 8.69. The van der Waals surface area contributed by atoms with Gasteiger partial charge in [0.25, 0.3) is 6.01 Å². The van der Waals surface area contributed by atoms with Gasteiger partial charge in [0.2, 0.25) is 5.91 Å². The van der Waals surface area contributed by atoms with Crippen molar-refractivity contribution in [3.8, 4) is 12.0 Å². The summed E-state index contributed by atoms with van der Waals surface area (Å²) in [6.07, 6.45) is 1.85. The number of nitrogens with two attached hydrogens (primary N) is 2. The van der Waals surface area contributed by atoms with E-state index in [1.807, 2.05) is 6.92 Å². The number of anilines is 1. The quantitative estimate of drug-likeness (QED) is 0.540. The average Bonchev–Trinajstić information content (AvgIpc) is 2.98. The Labute approximate surface area is 156 Å². The molecular weight excluding hydrogens is 348 g/mol. The highest BCUT2D eigenvalue weighted by Crippen LogP contribution is 2.31. The lowest BCUT2D eigenvalue weighted by atomic mass is 10.1. The Bertz CT molecular complexity index is 967. The van der Waals surface area contributed by atoms with E-state index in [4.69, 9.17) is 16.2 Å². The number of fused-ring (bicyclic) bond motifs is 1. The van der Waals surface area contributed by atoms with Crippen LogP contribution in [0.2, 0.25) is 0 Å². The smallest absolute Gasteiger partial charge is 0.320 e. The maximum absolute atomic E-state index is 11.2. The van der Waals surface area contributed by atoms with Crippen LogP contribution in [0.25, 0.3) is 11.2 Å². The van der Waals surface area contributed by atoms with Crippen molar-refractivity contribution in [2.45, 2.75) is 32.7 Å². The Morgan fingerprint density at radius 3 is 2.59 bits per heavy atom. The molecule has 1 atom stereocenters. The van der Waals surface area contributed by atoms with Gasteiger partial charge in [0.15, 0.2) is 17.0 Å². The Morgan fingerprint density at radius 2 is 1.96 bits per heavy atom. The van der Waals surface area contributed by atoms with Gasteiger partial charge in [-0.25, -0.2) is 0 Å². The molecule has 1 unspecified atom stereocenters. The van der Waals surface area contributed by atoms with Gasteiger partial charge in [-0.3, -0.25) is 9.36 Å². The maximum Gasteiger partial charge on any atom is 0.320 e. The zero-order valence-electron chi connectivity index (χ0n) is 15.2. The molecule has 9 nitrogen and oxygen atoms in total. The first-order chi connectivity index (χ1) is 12.9. The minimum atomic E-state index is -0.500. The van der Waals surface area contributed by atoms with E-state index in [9.17, 15) is 9.90 Å². The van der Waals surface area contributed by atoms with Crippen LogP contribution in [-0.4, -0.2) is 37.1 Å². The zero-order valence-corrected chi connectivity index (χ0v) is 15.2. The number of amides is 1. The minimum Gasteiger partial charge on any atom is -0.480 e. The van der Waals surface area contributed by atoms with E-state index in [-0.39, 0.29) is 23.9 Å². The third kappa shape index (κ3) is 3.62. The molecule has 3 rings (SSSR count). The predicted octanol–water partition coefficient (Wildman–Crippen LogP) is 2.00. The van der Waals surface area contributed by atoms with Crippen LogP contribution in [0.15, 0.2) is 24.3 Å². The molecule has 1 amide bonds. The van der Waals surface area contributed by atoms with Crippen molar-refractivity contribution < 1.29 is 14.6 Å². The van der Waals surface area contributed by atoms with Crippen LogP contribution in [0, 0.1) is 0 Å². The third-order valence-electron chi connectivity index (χ3n) is 4.32. The second kappa shape index (κ2) is 7.48. The molecule has 0 saturated heterocycles. The highest BCUT2D eigenvalue weighted by atomic mass is 16.5. The van der Waals surface area contributed by atoms with Gasteiger partial charge in [0.1, 0.15) is 0 Å². The molecule has 3 aromatic rings. The standard InChI is InChI=1S/C18H22N6O3/c1-3-4-9-27-17-22-14(19)13-16(23-17)24(18(26)21-13)10(2)11-5-7-12(8-6-11)15(20)25/h5-8,10H,3-4,9H2,1-2H3,(H2,20,25)(H,21,26)(H2,19,22,23). The molecule has 0 aliphatic rings. The zero-order chi connectivity index (χ0) is 19.6. The topological polar surface area (TPSA) is 142 Å². The van der Waals surface area contributed by atoms with Crippen molar-refractivity contribution in [1.82, 2.24) is 19.5 Å². The van der Waals surface area contributed by atoms with Gasteiger partial charge in [-0.2, -0.15) is 15.0 Å². The number of imidazole rings is 1. The number of rotatable bonds is 7. The number of ether oxygens (including phenoxy) is 1. The number of aromatic hydroxyl groups is 1. The van der Waals surface area contributed by atoms with Gasteiger partial charge in [-0.05, 0) is 31.0 Å². The number of primary amides is 1. The number of nitrogen functional groups attached to an aromatic ring is 1. The van der Waals surface area contributed by atoms with Crippen LogP contribution < -0.4 is 16.2 Å². The third-order valence-corrected chi connectivity index (χ3v) is 4.32. The van der Waals surface area contributed by atoms with E-state index in [1.165, 1.54) is 0 Å². The van der Waals surface area contributed by atoms with E-state index in [1.54, 1.807) is 28.8 Å². The number of hydrogen-bond donors (Lipinski definition) is 3. The Morgan fingerprint density at radius 1 is 1.26 bits per heavy atom. The van der Waals surface area contributed by atoms with E-state index < -0.39 is 5.91 Å². The largest absolute Gasteiger partial charge is 0.480 e. The monoisotopic (exact) mass is 370 g/mol. The minimum absolute atomic E-state index is 0.136. The molecule has 142 valence electrons. The summed E-state index contributed by atoms with van der Waals surface area (Å²) in [7, 11) is 0. The van der Waals surface area contributed by atoms with Crippen LogP contribution in [0.1, 0.15) is 48.7 Å². The molecule has 1 aromatic carbocycles. The lowest BCUT2D eigenvalue weighted by Gasteiger charge is -2.15. The lowest BCUT2D eigenvalue weighted by Crippen LogP contribution is -2.12. The molecule has 0 fully saturated rings. The molecule has 0 aliphatic heterocycles. The molecule has 0 bridgehead atoms. The number of carbonyl (C=O) groups is 1. The van der Waals surface area contributed by atoms with Crippen LogP contribution in [0.4, 0.5) is 5.82 Å². The molecule has 0 spiro atoms. The van der Waals surface area contributed by atoms with Crippen molar-refractivity contribution in [1.29, 1.82) is 0 Å². The Hall–Kier alpha value is -3.36. The second-order valence-electron chi connectivity index (χ2n) is 6.21. The van der Waals surface area contributed by atoms with Crippen molar-refractivity contribution in [2.24, 2.45) is 5.73 Å². The summed E-state index contributed by atoms with van der Waals surface area (Å²) in [6, 6.07) is 6.38. The van der Waals surface area contributed by atoms with Crippen molar-refractivity contribution in [3.63, 3.8) is 0 Å². The summed E-state index contributed by atoms with van der Waals surface area (Å²) in [5.41, 5.74) is 13.2. The van der Waals surface area contributed by atoms with E-state index >= 15 is 0 Å². The van der Waals surface area contributed by atoms with E-state index in [0.717, 1.165) is 18.4 Å². The average molecular weight is 370 g/mol. The van der Waals surface area contributed by atoms with Crippen LogP contribution >= 0.6 is 0 Å². The molecule has 2 aromatic heterocycles. The fourth-order valence-corrected chi connectivity index (χ4v) is 2.77. The summed E-state index contributed by atoms with van der Waals surface area (Å²) in [5, 5.41) is 10.4. The first-order valence-electron chi connectivity index (χ1n) is 8.69. The highest BCUT2D eigenvalue weighted by Gasteiger charge is 2.21. The van der Waals surface area contributed by atoms with Crippen LogP contribution in [-0.2, 0) is 0 Å². The Balaban J connectivity index is 2.01. The van der Waals surface area contributed by atoms with Crippen molar-refractivity contribution in [3.05, 3.63) is 35.4 Å². The SMILES string of the molecule is CCCCOc1nc(N)c2nc(O)n(C(C)c3ccc(C(N)=O)cc3)c2n1. The van der Waals surface area contributed by atoms with Gasteiger partial charge < -0.3 is 21.3 Å².